The van der Waals surface area contributed by atoms with E-state index in [1.54, 1.807) is 0 Å². The van der Waals surface area contributed by atoms with Gasteiger partial charge in [-0.05, 0) is 30.3 Å². The highest BCUT2D eigenvalue weighted by atomic mass is 16.6. The molecule has 0 aromatic rings. The van der Waals surface area contributed by atoms with Gasteiger partial charge in [0.15, 0.2) is 0 Å². The summed E-state index contributed by atoms with van der Waals surface area (Å²) in [6, 6.07) is 0. The van der Waals surface area contributed by atoms with Gasteiger partial charge in [0.2, 0.25) is 0 Å². The van der Waals surface area contributed by atoms with Crippen molar-refractivity contribution < 1.29 is 14.3 Å². The summed E-state index contributed by atoms with van der Waals surface area (Å²) in [6.45, 7) is 6.46. The van der Waals surface area contributed by atoms with Crippen LogP contribution in [0.1, 0.15) is 33.6 Å². The Labute approximate surface area is 108 Å². The van der Waals surface area contributed by atoms with Crippen molar-refractivity contribution >= 4 is 12.3 Å². The molecular weight excluding hydrogens is 228 g/mol. The Kier molecular flexibility index (Phi) is 2.45. The Morgan fingerprint density at radius 2 is 2.22 bits per heavy atom. The van der Waals surface area contributed by atoms with Gasteiger partial charge < -0.3 is 4.74 Å². The Morgan fingerprint density at radius 3 is 2.83 bits per heavy atom. The molecule has 3 rings (SSSR count). The first-order chi connectivity index (χ1) is 8.49. The number of carbonyl (C=O) groups is 2. The molecule has 5 atom stereocenters. The quantitative estimate of drug-likeness (QED) is 0.556. The maximum absolute atomic E-state index is 12.1. The van der Waals surface area contributed by atoms with Crippen molar-refractivity contribution in [1.29, 1.82) is 0 Å². The van der Waals surface area contributed by atoms with Crippen LogP contribution < -0.4 is 0 Å². The van der Waals surface area contributed by atoms with E-state index in [0.717, 1.165) is 24.7 Å². The average Bonchev–Trinajstić information content (AvgIpc) is 2.74. The monoisotopic (exact) mass is 248 g/mol. The summed E-state index contributed by atoms with van der Waals surface area (Å²) in [7, 11) is 0. The summed E-state index contributed by atoms with van der Waals surface area (Å²) in [4.78, 5) is 23.3. The molecule has 98 valence electrons. The number of hydrogen-bond acceptors (Lipinski definition) is 3. The fourth-order valence-corrected chi connectivity index (χ4v) is 4.52. The molecule has 0 radical (unpaired) electrons. The van der Waals surface area contributed by atoms with E-state index in [-0.39, 0.29) is 29.3 Å². The summed E-state index contributed by atoms with van der Waals surface area (Å²) >= 11 is 0. The number of fused-ring (bicyclic) bond motifs is 4. The minimum Gasteiger partial charge on any atom is -0.462 e. The highest BCUT2D eigenvalue weighted by Gasteiger charge is 2.62. The smallest absolute Gasteiger partial charge is 0.309 e. The molecule has 1 saturated carbocycles. The van der Waals surface area contributed by atoms with Crippen LogP contribution in [-0.2, 0) is 14.3 Å². The predicted octanol–water partition coefficient (Wildman–Crippen LogP) is 2.36. The van der Waals surface area contributed by atoms with E-state index in [9.17, 15) is 9.59 Å². The van der Waals surface area contributed by atoms with Gasteiger partial charge in [-0.25, -0.2) is 0 Å². The first kappa shape index (κ1) is 11.9. The molecule has 1 saturated heterocycles. The van der Waals surface area contributed by atoms with Crippen molar-refractivity contribution in [2.75, 3.05) is 0 Å². The highest BCUT2D eigenvalue weighted by Crippen LogP contribution is 2.60. The molecule has 0 aromatic heterocycles. The topological polar surface area (TPSA) is 43.4 Å². The van der Waals surface area contributed by atoms with E-state index < -0.39 is 0 Å². The zero-order valence-electron chi connectivity index (χ0n) is 11.2. The molecule has 1 heterocycles. The van der Waals surface area contributed by atoms with Gasteiger partial charge in [-0.15, -0.1) is 0 Å². The number of ether oxygens (including phenoxy) is 1. The van der Waals surface area contributed by atoms with Crippen molar-refractivity contribution in [3.63, 3.8) is 0 Å². The van der Waals surface area contributed by atoms with E-state index in [1.165, 1.54) is 0 Å². The molecule has 2 bridgehead atoms. The SMILES string of the molecule is CC(C)[C@H]1[C@@H]2C(=O)O[C@H]1C[C@@]1(C)C(C=O)=CC[C@@H]21. The molecule has 2 fully saturated rings. The van der Waals surface area contributed by atoms with Crippen molar-refractivity contribution in [2.45, 2.75) is 39.7 Å². The third kappa shape index (κ3) is 1.30. The van der Waals surface area contributed by atoms with Crippen LogP contribution in [0.2, 0.25) is 0 Å². The Morgan fingerprint density at radius 1 is 1.50 bits per heavy atom. The first-order valence-corrected chi connectivity index (χ1v) is 6.85. The second kappa shape index (κ2) is 3.69. The number of esters is 1. The third-order valence-electron chi connectivity index (χ3n) is 5.41. The maximum atomic E-state index is 12.1. The summed E-state index contributed by atoms with van der Waals surface area (Å²) in [5.41, 5.74) is 0.734. The molecule has 3 aliphatic rings. The number of carbonyl (C=O) groups excluding carboxylic acids is 2. The molecule has 3 heteroatoms. The fourth-order valence-electron chi connectivity index (χ4n) is 4.52. The lowest BCUT2D eigenvalue weighted by Crippen LogP contribution is -2.45. The van der Waals surface area contributed by atoms with Gasteiger partial charge in [0.05, 0.1) is 5.92 Å². The Hall–Kier alpha value is -1.12. The molecule has 0 aromatic carbocycles. The van der Waals surface area contributed by atoms with E-state index >= 15 is 0 Å². The van der Waals surface area contributed by atoms with E-state index in [0.29, 0.717) is 11.8 Å². The van der Waals surface area contributed by atoms with Crippen LogP contribution in [0.5, 0.6) is 0 Å². The minimum absolute atomic E-state index is 0.00481. The lowest BCUT2D eigenvalue weighted by Gasteiger charge is -2.44. The Balaban J connectivity index is 2.01. The van der Waals surface area contributed by atoms with E-state index in [2.05, 4.69) is 20.8 Å². The van der Waals surface area contributed by atoms with Crippen LogP contribution in [0.4, 0.5) is 0 Å². The minimum atomic E-state index is -0.144. The van der Waals surface area contributed by atoms with Crippen molar-refractivity contribution in [2.24, 2.45) is 29.1 Å². The molecule has 3 nitrogen and oxygen atoms in total. The van der Waals surface area contributed by atoms with Gasteiger partial charge in [-0.3, -0.25) is 9.59 Å². The summed E-state index contributed by atoms with van der Waals surface area (Å²) in [5, 5.41) is 0. The lowest BCUT2D eigenvalue weighted by molar-refractivity contribution is -0.144. The predicted molar refractivity (Wildman–Crippen MR) is 66.7 cm³/mol. The molecule has 1 aliphatic heterocycles. The van der Waals surface area contributed by atoms with Crippen LogP contribution >= 0.6 is 0 Å². The molecule has 18 heavy (non-hydrogen) atoms. The lowest BCUT2D eigenvalue weighted by atomic mass is 9.57. The summed E-state index contributed by atoms with van der Waals surface area (Å²) in [5.74, 6) is 0.998. The fraction of sp³-hybridized carbons (Fsp3) is 0.733. The number of aldehydes is 1. The zero-order chi connectivity index (χ0) is 13.1. The largest absolute Gasteiger partial charge is 0.462 e. The number of rotatable bonds is 2. The van der Waals surface area contributed by atoms with Gasteiger partial charge in [0.1, 0.15) is 12.4 Å². The van der Waals surface area contributed by atoms with Crippen LogP contribution in [0.15, 0.2) is 11.6 Å². The summed E-state index contributed by atoms with van der Waals surface area (Å²) < 4.78 is 5.57. The van der Waals surface area contributed by atoms with Crippen LogP contribution in [0, 0.1) is 29.1 Å². The first-order valence-electron chi connectivity index (χ1n) is 6.85. The van der Waals surface area contributed by atoms with Gasteiger partial charge in [0, 0.05) is 11.3 Å². The molecule has 0 amide bonds. The van der Waals surface area contributed by atoms with Gasteiger partial charge >= 0.3 is 5.97 Å². The molecule has 0 spiro atoms. The molecule has 2 aliphatic carbocycles. The van der Waals surface area contributed by atoms with E-state index in [4.69, 9.17) is 4.74 Å². The van der Waals surface area contributed by atoms with Gasteiger partial charge in [0.25, 0.3) is 0 Å². The van der Waals surface area contributed by atoms with Gasteiger partial charge in [-0.2, -0.15) is 0 Å². The van der Waals surface area contributed by atoms with Crippen molar-refractivity contribution in [3.8, 4) is 0 Å². The zero-order valence-corrected chi connectivity index (χ0v) is 11.2. The normalized spacial score (nSPS) is 45.8. The molecule has 0 N–H and O–H groups in total. The standard InChI is InChI=1S/C15H20O3/c1-8(2)12-11-6-15(3)9(7-16)4-5-10(15)13(12)14(17)18-11/h4,7-8,10-13H,5-6H2,1-3H3/t10-,11-,12+,13+,15-/m0/s1. The second-order valence-corrected chi connectivity index (χ2v) is 6.56. The van der Waals surface area contributed by atoms with Gasteiger partial charge in [-0.1, -0.05) is 26.8 Å². The van der Waals surface area contributed by atoms with Crippen molar-refractivity contribution in [1.82, 2.24) is 0 Å². The van der Waals surface area contributed by atoms with Crippen LogP contribution in [0.25, 0.3) is 0 Å². The van der Waals surface area contributed by atoms with Crippen LogP contribution in [-0.4, -0.2) is 18.4 Å². The van der Waals surface area contributed by atoms with E-state index in [1.807, 2.05) is 6.08 Å². The molecular formula is C15H20O3. The second-order valence-electron chi connectivity index (χ2n) is 6.56. The molecule has 0 unspecified atom stereocenters. The Bertz CT molecular complexity index is 437. The van der Waals surface area contributed by atoms with Crippen molar-refractivity contribution in [3.05, 3.63) is 11.6 Å². The summed E-state index contributed by atoms with van der Waals surface area (Å²) in [6.07, 6.45) is 4.67. The number of allylic oxidation sites excluding steroid dienone is 2. The maximum Gasteiger partial charge on any atom is 0.309 e. The average molecular weight is 248 g/mol. The van der Waals surface area contributed by atoms with Crippen LogP contribution in [0.3, 0.4) is 0 Å². The highest BCUT2D eigenvalue weighted by molar-refractivity contribution is 5.81. The third-order valence-corrected chi connectivity index (χ3v) is 5.41. The number of hydrogen-bond donors (Lipinski definition) is 0.